The van der Waals surface area contributed by atoms with Crippen molar-refractivity contribution in [3.63, 3.8) is 0 Å². The van der Waals surface area contributed by atoms with Gasteiger partial charge in [-0.25, -0.2) is 0 Å². The predicted molar refractivity (Wildman–Crippen MR) is 82.5 cm³/mol. The summed E-state index contributed by atoms with van der Waals surface area (Å²) in [7, 11) is 3.66. The standard InChI is InChI=1S/C15H25N5O/c1-6-8-20-15(13(21-5)10-17-20)14(16-7-2)12-9-11(3)18-19(12)4/h9-10,14,16H,6-8H2,1-5H3. The Bertz CT molecular complexity index is 587. The first-order valence-electron chi connectivity index (χ1n) is 7.45. The predicted octanol–water partition coefficient (Wildman–Crippen LogP) is 2.04. The molecule has 6 heteroatoms. The van der Waals surface area contributed by atoms with E-state index in [1.165, 1.54) is 0 Å². The quantitative estimate of drug-likeness (QED) is 0.848. The van der Waals surface area contributed by atoms with E-state index < -0.39 is 0 Å². The molecule has 0 amide bonds. The molecular weight excluding hydrogens is 266 g/mol. The van der Waals surface area contributed by atoms with E-state index in [0.717, 1.165) is 42.3 Å². The molecule has 2 aromatic heterocycles. The lowest BCUT2D eigenvalue weighted by atomic mass is 10.1. The SMILES string of the molecule is CCCn1ncc(OC)c1C(NCC)c1cc(C)nn1C. The zero-order chi connectivity index (χ0) is 15.4. The molecule has 0 aromatic carbocycles. The van der Waals surface area contributed by atoms with Gasteiger partial charge in [0, 0.05) is 13.6 Å². The molecule has 21 heavy (non-hydrogen) atoms. The van der Waals surface area contributed by atoms with Crippen LogP contribution in [0.2, 0.25) is 0 Å². The first-order chi connectivity index (χ1) is 10.1. The maximum Gasteiger partial charge on any atom is 0.161 e. The zero-order valence-corrected chi connectivity index (χ0v) is 13.6. The Morgan fingerprint density at radius 2 is 2.14 bits per heavy atom. The Kier molecular flexibility index (Phi) is 5.01. The molecular formula is C15H25N5O. The van der Waals surface area contributed by atoms with Gasteiger partial charge in [-0.15, -0.1) is 0 Å². The Morgan fingerprint density at radius 1 is 1.38 bits per heavy atom. The van der Waals surface area contributed by atoms with E-state index >= 15 is 0 Å². The van der Waals surface area contributed by atoms with Crippen LogP contribution in [-0.4, -0.2) is 33.2 Å². The highest BCUT2D eigenvalue weighted by Gasteiger charge is 2.25. The minimum atomic E-state index is 0.0187. The molecule has 1 unspecified atom stereocenters. The van der Waals surface area contributed by atoms with Crippen LogP contribution < -0.4 is 10.1 Å². The lowest BCUT2D eigenvalue weighted by molar-refractivity contribution is 0.396. The topological polar surface area (TPSA) is 56.9 Å². The van der Waals surface area contributed by atoms with Gasteiger partial charge in [0.05, 0.1) is 30.7 Å². The van der Waals surface area contributed by atoms with Crippen molar-refractivity contribution in [2.24, 2.45) is 7.05 Å². The molecule has 0 aliphatic rings. The third-order valence-electron chi connectivity index (χ3n) is 3.52. The number of methoxy groups -OCH3 is 1. The van der Waals surface area contributed by atoms with E-state index in [1.54, 1.807) is 13.3 Å². The maximum atomic E-state index is 5.51. The van der Waals surface area contributed by atoms with Gasteiger partial charge >= 0.3 is 0 Å². The normalized spacial score (nSPS) is 12.6. The molecule has 2 heterocycles. The van der Waals surface area contributed by atoms with Gasteiger partial charge in [0.25, 0.3) is 0 Å². The smallest absolute Gasteiger partial charge is 0.161 e. The van der Waals surface area contributed by atoms with Crippen LogP contribution in [0, 0.1) is 6.92 Å². The lowest BCUT2D eigenvalue weighted by Crippen LogP contribution is -2.27. The van der Waals surface area contributed by atoms with Crippen LogP contribution in [0.15, 0.2) is 12.3 Å². The minimum Gasteiger partial charge on any atom is -0.493 e. The molecule has 0 aliphatic carbocycles. The molecule has 116 valence electrons. The van der Waals surface area contributed by atoms with Crippen LogP contribution >= 0.6 is 0 Å². The molecule has 6 nitrogen and oxygen atoms in total. The van der Waals surface area contributed by atoms with E-state index in [9.17, 15) is 0 Å². The van der Waals surface area contributed by atoms with Crippen LogP contribution in [-0.2, 0) is 13.6 Å². The van der Waals surface area contributed by atoms with E-state index in [-0.39, 0.29) is 6.04 Å². The molecule has 0 saturated carbocycles. The molecule has 0 fully saturated rings. The van der Waals surface area contributed by atoms with Crippen LogP contribution in [0.3, 0.4) is 0 Å². The second-order valence-electron chi connectivity index (χ2n) is 5.15. The Morgan fingerprint density at radius 3 is 2.67 bits per heavy atom. The van der Waals surface area contributed by atoms with Crippen molar-refractivity contribution in [2.45, 2.75) is 39.8 Å². The average Bonchev–Trinajstić information content (AvgIpc) is 3.00. The van der Waals surface area contributed by atoms with Crippen molar-refractivity contribution in [1.29, 1.82) is 0 Å². The number of nitrogens with zero attached hydrogens (tertiary/aromatic N) is 4. The molecule has 0 radical (unpaired) electrons. The van der Waals surface area contributed by atoms with Gasteiger partial charge < -0.3 is 10.1 Å². The van der Waals surface area contributed by atoms with Crippen molar-refractivity contribution in [2.75, 3.05) is 13.7 Å². The van der Waals surface area contributed by atoms with Gasteiger partial charge in [-0.3, -0.25) is 9.36 Å². The number of aryl methyl sites for hydroxylation is 3. The zero-order valence-electron chi connectivity index (χ0n) is 13.6. The van der Waals surface area contributed by atoms with Crippen molar-refractivity contribution < 1.29 is 4.74 Å². The van der Waals surface area contributed by atoms with Crippen molar-refractivity contribution in [1.82, 2.24) is 24.9 Å². The summed E-state index contributed by atoms with van der Waals surface area (Å²) in [6.07, 6.45) is 2.82. The fourth-order valence-corrected chi connectivity index (χ4v) is 2.66. The second-order valence-corrected chi connectivity index (χ2v) is 5.15. The Labute approximate surface area is 126 Å². The first-order valence-corrected chi connectivity index (χ1v) is 7.45. The van der Waals surface area contributed by atoms with E-state index in [4.69, 9.17) is 4.74 Å². The number of nitrogens with one attached hydrogen (secondary N) is 1. The molecule has 2 rings (SSSR count). The number of hydrogen-bond acceptors (Lipinski definition) is 4. The summed E-state index contributed by atoms with van der Waals surface area (Å²) in [4.78, 5) is 0. The number of aromatic nitrogens is 4. The highest BCUT2D eigenvalue weighted by atomic mass is 16.5. The largest absolute Gasteiger partial charge is 0.493 e. The van der Waals surface area contributed by atoms with Crippen LogP contribution in [0.1, 0.15) is 43.4 Å². The third-order valence-corrected chi connectivity index (χ3v) is 3.52. The summed E-state index contributed by atoms with van der Waals surface area (Å²) in [6.45, 7) is 7.98. The summed E-state index contributed by atoms with van der Waals surface area (Å²) < 4.78 is 9.46. The first kappa shape index (κ1) is 15.6. The van der Waals surface area contributed by atoms with Crippen molar-refractivity contribution in [3.05, 3.63) is 29.3 Å². The lowest BCUT2D eigenvalue weighted by Gasteiger charge is -2.20. The van der Waals surface area contributed by atoms with Gasteiger partial charge in [-0.2, -0.15) is 10.2 Å². The highest BCUT2D eigenvalue weighted by Crippen LogP contribution is 2.30. The molecule has 0 saturated heterocycles. The summed E-state index contributed by atoms with van der Waals surface area (Å²) in [5, 5.41) is 12.5. The van der Waals surface area contributed by atoms with Crippen LogP contribution in [0.25, 0.3) is 0 Å². The molecule has 1 N–H and O–H groups in total. The van der Waals surface area contributed by atoms with Gasteiger partial charge in [0.1, 0.15) is 5.69 Å². The van der Waals surface area contributed by atoms with E-state index in [0.29, 0.717) is 0 Å². The summed E-state index contributed by atoms with van der Waals surface area (Å²) >= 11 is 0. The third kappa shape index (κ3) is 3.10. The molecule has 0 bridgehead atoms. The number of rotatable bonds is 7. The van der Waals surface area contributed by atoms with E-state index in [2.05, 4.69) is 35.4 Å². The number of hydrogen-bond donors (Lipinski definition) is 1. The van der Waals surface area contributed by atoms with Crippen molar-refractivity contribution >= 4 is 0 Å². The summed E-state index contributed by atoms with van der Waals surface area (Å²) in [6, 6.07) is 2.13. The maximum absolute atomic E-state index is 5.51. The minimum absolute atomic E-state index is 0.0187. The number of ether oxygens (including phenoxy) is 1. The average molecular weight is 291 g/mol. The molecule has 1 atom stereocenters. The van der Waals surface area contributed by atoms with Gasteiger partial charge in [0.2, 0.25) is 0 Å². The monoisotopic (exact) mass is 291 g/mol. The highest BCUT2D eigenvalue weighted by molar-refractivity contribution is 5.34. The van der Waals surface area contributed by atoms with Crippen LogP contribution in [0.4, 0.5) is 0 Å². The van der Waals surface area contributed by atoms with Crippen molar-refractivity contribution in [3.8, 4) is 5.75 Å². The van der Waals surface area contributed by atoms with Gasteiger partial charge in [-0.1, -0.05) is 13.8 Å². The Balaban J connectivity index is 2.51. The summed E-state index contributed by atoms with van der Waals surface area (Å²) in [5.41, 5.74) is 3.19. The van der Waals surface area contributed by atoms with Gasteiger partial charge in [-0.05, 0) is 26.0 Å². The summed E-state index contributed by atoms with van der Waals surface area (Å²) in [5.74, 6) is 0.813. The fraction of sp³-hybridized carbons (Fsp3) is 0.600. The Hall–Kier alpha value is -1.82. The molecule has 2 aromatic rings. The van der Waals surface area contributed by atoms with E-state index in [1.807, 2.05) is 23.3 Å². The fourth-order valence-electron chi connectivity index (χ4n) is 2.66. The second kappa shape index (κ2) is 6.76. The molecule has 0 spiro atoms. The van der Waals surface area contributed by atoms with Gasteiger partial charge in [0.15, 0.2) is 5.75 Å². The van der Waals surface area contributed by atoms with Crippen LogP contribution in [0.5, 0.6) is 5.75 Å². The molecule has 0 aliphatic heterocycles.